The smallest absolute Gasteiger partial charge is 0.246 e. The minimum atomic E-state index is -0.201. The average Bonchev–Trinajstić information content (AvgIpc) is 3.23. The van der Waals surface area contributed by atoms with Gasteiger partial charge < -0.3 is 9.88 Å². The van der Waals surface area contributed by atoms with E-state index >= 15 is 0 Å². The summed E-state index contributed by atoms with van der Waals surface area (Å²) in [6, 6.07) is 22.4. The molecule has 32 heavy (non-hydrogen) atoms. The van der Waals surface area contributed by atoms with Gasteiger partial charge in [0.2, 0.25) is 5.91 Å². The van der Waals surface area contributed by atoms with Gasteiger partial charge in [-0.05, 0) is 42.0 Å². The number of carbonyl (C=O) groups is 1. The number of hydrogen-bond acceptors (Lipinski definition) is 4. The Hall–Kier alpha value is -3.48. The largest absolute Gasteiger partial charge is 0.331 e. The molecule has 2 aromatic heterocycles. The number of benzene rings is 3. The third kappa shape index (κ3) is 4.02. The monoisotopic (exact) mass is 459 g/mol. The fraction of sp³-hybridized carbons (Fsp3) is 0.0800. The summed E-state index contributed by atoms with van der Waals surface area (Å²) in [5, 5.41) is 5.32. The molecule has 5 nitrogen and oxygen atoms in total. The first-order valence-corrected chi connectivity index (χ1v) is 11.3. The molecule has 158 valence electrons. The van der Waals surface area contributed by atoms with Crippen LogP contribution in [0, 0.1) is 0 Å². The molecule has 5 aromatic rings. The minimum absolute atomic E-state index is 0.0292. The quantitative estimate of drug-likeness (QED) is 0.353. The first kappa shape index (κ1) is 20.4. The lowest BCUT2D eigenvalue weighted by Crippen LogP contribution is -2.21. The molecule has 0 radical (unpaired) electrons. The summed E-state index contributed by atoms with van der Waals surface area (Å²) in [6.07, 6.45) is 2.47. The van der Waals surface area contributed by atoms with Gasteiger partial charge in [0.25, 0.3) is 0 Å². The maximum Gasteiger partial charge on any atom is 0.246 e. The first-order chi connectivity index (χ1) is 15.6. The van der Waals surface area contributed by atoms with Crippen LogP contribution >= 0.6 is 22.9 Å². The molecule has 2 heterocycles. The van der Waals surface area contributed by atoms with E-state index in [1.165, 1.54) is 11.3 Å². The highest BCUT2D eigenvalue weighted by atomic mass is 35.5. The lowest BCUT2D eigenvalue weighted by atomic mass is 10.1. The maximum atomic E-state index is 12.9. The molecule has 1 N–H and O–H groups in total. The van der Waals surface area contributed by atoms with E-state index in [2.05, 4.69) is 10.3 Å². The fourth-order valence-corrected chi connectivity index (χ4v) is 4.92. The van der Waals surface area contributed by atoms with Gasteiger partial charge in [0.15, 0.2) is 10.6 Å². The van der Waals surface area contributed by atoms with Crippen LogP contribution in [0.2, 0.25) is 5.02 Å². The first-order valence-electron chi connectivity index (χ1n) is 10.1. The fourth-order valence-electron chi connectivity index (χ4n) is 3.84. The van der Waals surface area contributed by atoms with E-state index in [4.69, 9.17) is 11.6 Å². The van der Waals surface area contributed by atoms with E-state index in [0.29, 0.717) is 27.3 Å². The van der Waals surface area contributed by atoms with Gasteiger partial charge in [-0.15, -0.1) is 11.3 Å². The van der Waals surface area contributed by atoms with Crippen LogP contribution in [0.5, 0.6) is 0 Å². The summed E-state index contributed by atoms with van der Waals surface area (Å²) in [5.41, 5.74) is 2.52. The SMILES string of the molecule is O=C(Cn1c2ccccc2c(=O)c2ccccc21)Nc1ncc(Cc2cccc(Cl)c2)s1. The van der Waals surface area contributed by atoms with Crippen molar-refractivity contribution in [1.82, 2.24) is 9.55 Å². The van der Waals surface area contributed by atoms with Crippen LogP contribution in [-0.4, -0.2) is 15.5 Å². The van der Waals surface area contributed by atoms with Crippen molar-refractivity contribution < 1.29 is 4.79 Å². The van der Waals surface area contributed by atoms with Gasteiger partial charge in [-0.1, -0.05) is 48.0 Å². The van der Waals surface area contributed by atoms with Gasteiger partial charge in [-0.25, -0.2) is 4.98 Å². The zero-order valence-electron chi connectivity index (χ0n) is 16.9. The van der Waals surface area contributed by atoms with Crippen LogP contribution in [-0.2, 0) is 17.8 Å². The molecule has 0 saturated heterocycles. The highest BCUT2D eigenvalue weighted by Crippen LogP contribution is 2.23. The van der Waals surface area contributed by atoms with Crippen molar-refractivity contribution in [1.29, 1.82) is 0 Å². The lowest BCUT2D eigenvalue weighted by Gasteiger charge is -2.14. The molecule has 0 saturated carbocycles. The molecule has 5 rings (SSSR count). The van der Waals surface area contributed by atoms with E-state index < -0.39 is 0 Å². The Labute approximate surface area is 192 Å². The number of aromatic nitrogens is 2. The molecule has 0 aliphatic rings. The number of carbonyl (C=O) groups excluding carboxylic acids is 1. The number of halogens is 1. The second-order valence-corrected chi connectivity index (χ2v) is 8.99. The van der Waals surface area contributed by atoms with Crippen LogP contribution in [0.3, 0.4) is 0 Å². The standard InChI is InChI=1S/C25H18ClN3O2S/c26-17-7-5-6-16(12-17)13-18-14-27-25(32-18)28-23(30)15-29-21-10-3-1-8-19(21)24(31)20-9-2-4-11-22(20)29/h1-12,14H,13,15H2,(H,27,28,30). The van der Waals surface area contributed by atoms with Crippen LogP contribution in [0.25, 0.3) is 21.8 Å². The minimum Gasteiger partial charge on any atom is -0.331 e. The van der Waals surface area contributed by atoms with E-state index in [1.54, 1.807) is 18.3 Å². The number of fused-ring (bicyclic) bond motifs is 2. The molecule has 0 spiro atoms. The third-order valence-electron chi connectivity index (χ3n) is 5.25. The van der Waals surface area contributed by atoms with E-state index in [-0.39, 0.29) is 17.9 Å². The Morgan fingerprint density at radius 2 is 1.66 bits per heavy atom. The predicted octanol–water partition coefficient (Wildman–Crippen LogP) is 5.49. The van der Waals surface area contributed by atoms with E-state index in [9.17, 15) is 9.59 Å². The maximum absolute atomic E-state index is 12.9. The number of nitrogens with one attached hydrogen (secondary N) is 1. The summed E-state index contributed by atoms with van der Waals surface area (Å²) in [7, 11) is 0. The summed E-state index contributed by atoms with van der Waals surface area (Å²) in [4.78, 5) is 31.1. The Morgan fingerprint density at radius 3 is 2.34 bits per heavy atom. The van der Waals surface area contributed by atoms with Crippen LogP contribution in [0.4, 0.5) is 5.13 Å². The number of amides is 1. The topological polar surface area (TPSA) is 64.0 Å². The molecule has 3 aromatic carbocycles. The molecule has 0 bridgehead atoms. The molecule has 0 aliphatic heterocycles. The number of rotatable bonds is 5. The average molecular weight is 460 g/mol. The molecule has 7 heteroatoms. The van der Waals surface area contributed by atoms with Gasteiger partial charge in [-0.2, -0.15) is 0 Å². The molecular weight excluding hydrogens is 442 g/mol. The Balaban J connectivity index is 1.41. The van der Waals surface area contributed by atoms with Crippen LogP contribution in [0.1, 0.15) is 10.4 Å². The Kier molecular flexibility index (Phi) is 5.47. The Bertz CT molecular complexity index is 1460. The van der Waals surface area contributed by atoms with Crippen LogP contribution in [0.15, 0.2) is 83.8 Å². The number of hydrogen-bond donors (Lipinski definition) is 1. The van der Waals surface area contributed by atoms with Gasteiger partial charge in [0.1, 0.15) is 6.54 Å². The third-order valence-corrected chi connectivity index (χ3v) is 6.40. The van der Waals surface area contributed by atoms with Crippen molar-refractivity contribution in [3.05, 3.63) is 105 Å². The molecule has 0 unspecified atom stereocenters. The van der Waals surface area contributed by atoms with Gasteiger partial charge in [-0.3, -0.25) is 9.59 Å². The Morgan fingerprint density at radius 1 is 0.969 bits per heavy atom. The van der Waals surface area contributed by atoms with Crippen molar-refractivity contribution in [2.45, 2.75) is 13.0 Å². The van der Waals surface area contributed by atoms with E-state index in [0.717, 1.165) is 21.5 Å². The summed E-state index contributed by atoms with van der Waals surface area (Å²) in [6.45, 7) is 0.0739. The molecule has 0 atom stereocenters. The second kappa shape index (κ2) is 8.57. The zero-order chi connectivity index (χ0) is 22.1. The molecule has 0 aliphatic carbocycles. The van der Waals surface area contributed by atoms with Crippen molar-refractivity contribution in [3.8, 4) is 0 Å². The van der Waals surface area contributed by atoms with Gasteiger partial charge >= 0.3 is 0 Å². The van der Waals surface area contributed by atoms with Crippen molar-refractivity contribution in [2.75, 3.05) is 5.32 Å². The normalized spacial score (nSPS) is 11.2. The summed E-state index contributed by atoms with van der Waals surface area (Å²) >= 11 is 7.50. The van der Waals surface area contributed by atoms with Crippen molar-refractivity contribution >= 4 is 55.8 Å². The number of pyridine rings is 1. The number of nitrogens with zero attached hydrogens (tertiary/aromatic N) is 2. The zero-order valence-corrected chi connectivity index (χ0v) is 18.5. The van der Waals surface area contributed by atoms with Crippen molar-refractivity contribution in [2.24, 2.45) is 0 Å². The number of anilines is 1. The number of para-hydroxylation sites is 2. The highest BCUT2D eigenvalue weighted by Gasteiger charge is 2.14. The van der Waals surface area contributed by atoms with Gasteiger partial charge in [0.05, 0.1) is 11.0 Å². The molecule has 1 amide bonds. The highest BCUT2D eigenvalue weighted by molar-refractivity contribution is 7.15. The van der Waals surface area contributed by atoms with E-state index in [1.807, 2.05) is 65.2 Å². The van der Waals surface area contributed by atoms with Gasteiger partial charge in [0, 0.05) is 33.3 Å². The predicted molar refractivity (Wildman–Crippen MR) is 131 cm³/mol. The van der Waals surface area contributed by atoms with Crippen molar-refractivity contribution in [3.63, 3.8) is 0 Å². The molecule has 0 fully saturated rings. The number of thiazole rings is 1. The summed E-state index contributed by atoms with van der Waals surface area (Å²) < 4.78 is 1.88. The molecular formula is C25H18ClN3O2S. The van der Waals surface area contributed by atoms with Crippen LogP contribution < -0.4 is 10.7 Å². The summed E-state index contributed by atoms with van der Waals surface area (Å²) in [5.74, 6) is -0.201. The lowest BCUT2D eigenvalue weighted by molar-refractivity contribution is -0.116. The second-order valence-electron chi connectivity index (χ2n) is 7.44.